The van der Waals surface area contributed by atoms with E-state index in [-0.39, 0.29) is 28.7 Å². The highest BCUT2D eigenvalue weighted by Gasteiger charge is 2.25. The molecule has 1 rings (SSSR count). The van der Waals surface area contributed by atoms with Crippen LogP contribution in [0.3, 0.4) is 0 Å². The minimum absolute atomic E-state index is 0.0279. The summed E-state index contributed by atoms with van der Waals surface area (Å²) in [6.45, 7) is 3.71. The van der Waals surface area contributed by atoms with E-state index in [4.69, 9.17) is 21.8 Å². The fraction of sp³-hybridized carbons (Fsp3) is 0.429. The first-order valence-electron chi connectivity index (χ1n) is 6.29. The van der Waals surface area contributed by atoms with Gasteiger partial charge in [0.15, 0.2) is 0 Å². The van der Waals surface area contributed by atoms with Crippen LogP contribution in [0, 0.1) is 0 Å². The zero-order valence-corrected chi connectivity index (χ0v) is 12.2. The van der Waals surface area contributed by atoms with Gasteiger partial charge in [-0.2, -0.15) is 0 Å². The number of aromatic carboxylic acids is 1. The fourth-order valence-corrected chi connectivity index (χ4v) is 2.01. The van der Waals surface area contributed by atoms with Gasteiger partial charge in [0.2, 0.25) is 0 Å². The molecular formula is C14H18ClNO4. The van der Waals surface area contributed by atoms with E-state index in [0.29, 0.717) is 12.8 Å². The lowest BCUT2D eigenvalue weighted by Gasteiger charge is -2.29. The molecule has 1 aromatic rings. The maximum atomic E-state index is 12.2. The van der Waals surface area contributed by atoms with Crippen molar-refractivity contribution in [1.82, 2.24) is 5.32 Å². The summed E-state index contributed by atoms with van der Waals surface area (Å²) in [6, 6.07) is 3.96. The van der Waals surface area contributed by atoms with E-state index >= 15 is 0 Å². The number of aliphatic hydroxyl groups is 1. The SMILES string of the molecule is CCC(C)(CCO)NC(=O)c1ccc(C(=O)O)cc1Cl. The van der Waals surface area contributed by atoms with Crippen LogP contribution in [0.25, 0.3) is 0 Å². The Kier molecular flexibility index (Phi) is 5.53. The summed E-state index contributed by atoms with van der Waals surface area (Å²) < 4.78 is 0. The van der Waals surface area contributed by atoms with Gasteiger partial charge in [0, 0.05) is 12.1 Å². The fourth-order valence-electron chi connectivity index (χ4n) is 1.75. The van der Waals surface area contributed by atoms with Crippen molar-refractivity contribution in [3.8, 4) is 0 Å². The molecule has 0 fully saturated rings. The van der Waals surface area contributed by atoms with Crippen molar-refractivity contribution >= 4 is 23.5 Å². The van der Waals surface area contributed by atoms with E-state index in [1.165, 1.54) is 18.2 Å². The Labute approximate surface area is 122 Å². The van der Waals surface area contributed by atoms with E-state index in [1.807, 2.05) is 13.8 Å². The monoisotopic (exact) mass is 299 g/mol. The molecule has 0 aliphatic carbocycles. The molecule has 0 aromatic heterocycles. The third kappa shape index (κ3) is 3.95. The number of carbonyl (C=O) groups is 2. The number of rotatable bonds is 6. The van der Waals surface area contributed by atoms with Gasteiger partial charge >= 0.3 is 5.97 Å². The average molecular weight is 300 g/mol. The van der Waals surface area contributed by atoms with Gasteiger partial charge in [-0.1, -0.05) is 18.5 Å². The summed E-state index contributed by atoms with van der Waals surface area (Å²) in [5.74, 6) is -1.48. The van der Waals surface area contributed by atoms with Gasteiger partial charge in [-0.3, -0.25) is 4.79 Å². The zero-order chi connectivity index (χ0) is 15.3. The van der Waals surface area contributed by atoms with Crippen molar-refractivity contribution < 1.29 is 19.8 Å². The van der Waals surface area contributed by atoms with E-state index in [0.717, 1.165) is 0 Å². The Morgan fingerprint density at radius 2 is 2.05 bits per heavy atom. The van der Waals surface area contributed by atoms with Crippen LogP contribution in [-0.4, -0.2) is 34.2 Å². The third-order valence-electron chi connectivity index (χ3n) is 3.32. The number of hydrogen-bond acceptors (Lipinski definition) is 3. The quantitative estimate of drug-likeness (QED) is 0.752. The molecular weight excluding hydrogens is 282 g/mol. The highest BCUT2D eigenvalue weighted by atomic mass is 35.5. The lowest BCUT2D eigenvalue weighted by atomic mass is 9.94. The summed E-state index contributed by atoms with van der Waals surface area (Å²) >= 11 is 5.94. The average Bonchev–Trinajstić information content (AvgIpc) is 2.38. The normalized spacial score (nSPS) is 13.6. The van der Waals surface area contributed by atoms with E-state index in [1.54, 1.807) is 0 Å². The molecule has 0 heterocycles. The molecule has 0 radical (unpaired) electrons. The minimum atomic E-state index is -1.10. The second-order valence-corrected chi connectivity index (χ2v) is 5.25. The van der Waals surface area contributed by atoms with Gasteiger partial charge in [0.1, 0.15) is 0 Å². The van der Waals surface area contributed by atoms with Crippen LogP contribution in [0.2, 0.25) is 5.02 Å². The molecule has 5 nitrogen and oxygen atoms in total. The molecule has 1 atom stereocenters. The smallest absolute Gasteiger partial charge is 0.335 e. The van der Waals surface area contributed by atoms with Crippen LogP contribution in [-0.2, 0) is 0 Å². The van der Waals surface area contributed by atoms with Crippen molar-refractivity contribution in [2.24, 2.45) is 0 Å². The topological polar surface area (TPSA) is 86.6 Å². The predicted octanol–water partition coefficient (Wildman–Crippen LogP) is 2.32. The molecule has 3 N–H and O–H groups in total. The second-order valence-electron chi connectivity index (χ2n) is 4.84. The van der Waals surface area contributed by atoms with Crippen LogP contribution < -0.4 is 5.32 Å². The Balaban J connectivity index is 2.95. The Bertz CT molecular complexity index is 518. The first-order chi connectivity index (χ1) is 9.33. The number of carboxylic acid groups (broad SMARTS) is 1. The number of halogens is 1. The summed E-state index contributed by atoms with van der Waals surface area (Å²) in [5, 5.41) is 20.8. The molecule has 110 valence electrons. The second kappa shape index (κ2) is 6.72. The molecule has 0 saturated carbocycles. The molecule has 0 spiro atoms. The minimum Gasteiger partial charge on any atom is -0.478 e. The number of carboxylic acids is 1. The molecule has 0 aliphatic heterocycles. The molecule has 0 aliphatic rings. The predicted molar refractivity (Wildman–Crippen MR) is 76.3 cm³/mol. The number of benzene rings is 1. The van der Waals surface area contributed by atoms with E-state index < -0.39 is 11.5 Å². The van der Waals surface area contributed by atoms with Crippen molar-refractivity contribution in [2.75, 3.05) is 6.61 Å². The first-order valence-corrected chi connectivity index (χ1v) is 6.67. The van der Waals surface area contributed by atoms with Gasteiger partial charge in [0.05, 0.1) is 16.1 Å². The van der Waals surface area contributed by atoms with Crippen molar-refractivity contribution in [3.63, 3.8) is 0 Å². The third-order valence-corrected chi connectivity index (χ3v) is 3.63. The van der Waals surface area contributed by atoms with Gasteiger partial charge < -0.3 is 15.5 Å². The van der Waals surface area contributed by atoms with Crippen molar-refractivity contribution in [1.29, 1.82) is 0 Å². The molecule has 0 bridgehead atoms. The summed E-state index contributed by atoms with van der Waals surface area (Å²) in [7, 11) is 0. The summed E-state index contributed by atoms with van der Waals surface area (Å²) in [4.78, 5) is 23.0. The van der Waals surface area contributed by atoms with Crippen LogP contribution >= 0.6 is 11.6 Å². The Morgan fingerprint density at radius 3 is 2.50 bits per heavy atom. The molecule has 0 saturated heterocycles. The number of carbonyl (C=O) groups excluding carboxylic acids is 1. The van der Waals surface area contributed by atoms with Crippen LogP contribution in [0.4, 0.5) is 0 Å². The van der Waals surface area contributed by atoms with E-state index in [9.17, 15) is 9.59 Å². The van der Waals surface area contributed by atoms with Crippen LogP contribution in [0.1, 0.15) is 47.4 Å². The summed E-state index contributed by atoms with van der Waals surface area (Å²) in [5.41, 5.74) is -0.282. The number of aliphatic hydroxyl groups excluding tert-OH is 1. The zero-order valence-electron chi connectivity index (χ0n) is 11.4. The highest BCUT2D eigenvalue weighted by Crippen LogP contribution is 2.20. The van der Waals surface area contributed by atoms with Gasteiger partial charge in [-0.05, 0) is 38.0 Å². The van der Waals surface area contributed by atoms with Crippen LogP contribution in [0.5, 0.6) is 0 Å². The molecule has 6 heteroatoms. The number of nitrogens with one attached hydrogen (secondary N) is 1. The maximum Gasteiger partial charge on any atom is 0.335 e. The molecule has 20 heavy (non-hydrogen) atoms. The first kappa shape index (κ1) is 16.5. The molecule has 1 unspecified atom stereocenters. The van der Waals surface area contributed by atoms with Crippen LogP contribution in [0.15, 0.2) is 18.2 Å². The number of amides is 1. The maximum absolute atomic E-state index is 12.2. The van der Waals surface area contributed by atoms with E-state index in [2.05, 4.69) is 5.32 Å². The highest BCUT2D eigenvalue weighted by molar-refractivity contribution is 6.34. The summed E-state index contributed by atoms with van der Waals surface area (Å²) in [6.07, 6.45) is 1.09. The lowest BCUT2D eigenvalue weighted by Crippen LogP contribution is -2.46. The standard InChI is InChI=1S/C14H18ClNO4/c1-3-14(2,6-7-17)16-12(18)10-5-4-9(13(19)20)8-11(10)15/h4-5,8,17H,3,6-7H2,1-2H3,(H,16,18)(H,19,20). The Morgan fingerprint density at radius 1 is 1.40 bits per heavy atom. The van der Waals surface area contributed by atoms with Crippen molar-refractivity contribution in [2.45, 2.75) is 32.2 Å². The Hall–Kier alpha value is -1.59. The van der Waals surface area contributed by atoms with Crippen molar-refractivity contribution in [3.05, 3.63) is 34.3 Å². The lowest BCUT2D eigenvalue weighted by molar-refractivity contribution is 0.0695. The van der Waals surface area contributed by atoms with Gasteiger partial charge in [0.25, 0.3) is 5.91 Å². The van der Waals surface area contributed by atoms with Gasteiger partial charge in [-0.15, -0.1) is 0 Å². The largest absolute Gasteiger partial charge is 0.478 e. The molecule has 1 amide bonds. The number of hydrogen-bond donors (Lipinski definition) is 3. The molecule has 1 aromatic carbocycles. The van der Waals surface area contributed by atoms with Gasteiger partial charge in [-0.25, -0.2) is 4.79 Å².